The van der Waals surface area contributed by atoms with Gasteiger partial charge in [0.25, 0.3) is 5.92 Å². The number of halogens is 2. The molecule has 5 heteroatoms. The lowest BCUT2D eigenvalue weighted by Gasteiger charge is -2.32. The molecule has 0 radical (unpaired) electrons. The molecule has 2 fully saturated rings. The van der Waals surface area contributed by atoms with E-state index in [0.29, 0.717) is 0 Å². The highest BCUT2D eigenvalue weighted by molar-refractivity contribution is 6.48. The Balaban J connectivity index is 1.69. The first-order valence-corrected chi connectivity index (χ1v) is 7.74. The molecule has 2 aliphatic carbocycles. The Labute approximate surface area is 125 Å². The van der Waals surface area contributed by atoms with E-state index in [9.17, 15) is 8.78 Å². The molecule has 116 valence electrons. The zero-order chi connectivity index (χ0) is 15.5. The van der Waals surface area contributed by atoms with Crippen LogP contribution in [0.1, 0.15) is 47.0 Å². The zero-order valence-electron chi connectivity index (χ0n) is 13.2. The van der Waals surface area contributed by atoms with Crippen molar-refractivity contribution in [3.63, 3.8) is 0 Å². The second-order valence-corrected chi connectivity index (χ2v) is 7.45. The smallest absolute Gasteiger partial charge is 0.403 e. The van der Waals surface area contributed by atoms with Crippen LogP contribution < -0.4 is 0 Å². The standard InChI is InChI=1S/C16H23BF2O2/c1-14(2)15(3,4)21-17(20-14)12-7-5-6-11(8-9-12)13-10-16(13,18)19/h6,8-9,12-13H,5,7,10H2,1-4H3. The fourth-order valence-corrected chi connectivity index (χ4v) is 2.96. The molecule has 21 heavy (non-hydrogen) atoms. The van der Waals surface area contributed by atoms with Crippen LogP contribution in [0.5, 0.6) is 0 Å². The van der Waals surface area contributed by atoms with E-state index in [1.807, 2.05) is 45.9 Å². The Hall–Kier alpha value is -0.675. The number of hydrogen-bond donors (Lipinski definition) is 0. The fraction of sp³-hybridized carbons (Fsp3) is 0.750. The molecule has 1 aliphatic heterocycles. The second kappa shape index (κ2) is 4.66. The Kier molecular flexibility index (Phi) is 3.38. The van der Waals surface area contributed by atoms with Crippen molar-refractivity contribution in [1.82, 2.24) is 0 Å². The Bertz CT molecular complexity index is 481. The summed E-state index contributed by atoms with van der Waals surface area (Å²) in [5, 5.41) is 0. The van der Waals surface area contributed by atoms with E-state index in [1.165, 1.54) is 0 Å². The van der Waals surface area contributed by atoms with Gasteiger partial charge in [-0.3, -0.25) is 0 Å². The maximum Gasteiger partial charge on any atom is 0.465 e. The first-order chi connectivity index (χ1) is 9.62. The van der Waals surface area contributed by atoms with Crippen LogP contribution in [0.2, 0.25) is 5.82 Å². The van der Waals surface area contributed by atoms with Gasteiger partial charge in [-0.25, -0.2) is 8.78 Å². The predicted octanol–water partition coefficient (Wildman–Crippen LogP) is 4.38. The van der Waals surface area contributed by atoms with Crippen molar-refractivity contribution in [2.75, 3.05) is 0 Å². The quantitative estimate of drug-likeness (QED) is 0.704. The van der Waals surface area contributed by atoms with Crippen LogP contribution in [-0.2, 0) is 9.31 Å². The van der Waals surface area contributed by atoms with Gasteiger partial charge in [-0.15, -0.1) is 0 Å². The lowest BCUT2D eigenvalue weighted by atomic mass is 9.69. The predicted molar refractivity (Wildman–Crippen MR) is 79.3 cm³/mol. The average molecular weight is 296 g/mol. The summed E-state index contributed by atoms with van der Waals surface area (Å²) in [5.41, 5.74) is 0.0776. The van der Waals surface area contributed by atoms with E-state index in [2.05, 4.69) is 0 Å². The first kappa shape index (κ1) is 15.2. The molecule has 0 aromatic carbocycles. The normalized spacial score (nSPS) is 36.3. The zero-order valence-corrected chi connectivity index (χ0v) is 13.2. The highest BCUT2D eigenvalue weighted by Gasteiger charge is 2.58. The molecular formula is C16H23BF2O2. The summed E-state index contributed by atoms with van der Waals surface area (Å²) in [7, 11) is -0.293. The highest BCUT2D eigenvalue weighted by Crippen LogP contribution is 2.54. The maximum absolute atomic E-state index is 13.2. The number of rotatable bonds is 2. The van der Waals surface area contributed by atoms with E-state index in [-0.39, 0.29) is 30.6 Å². The van der Waals surface area contributed by atoms with Gasteiger partial charge in [0, 0.05) is 12.2 Å². The molecule has 1 saturated heterocycles. The van der Waals surface area contributed by atoms with Crippen molar-refractivity contribution in [3.05, 3.63) is 23.8 Å². The monoisotopic (exact) mass is 296 g/mol. The molecular weight excluding hydrogens is 273 g/mol. The van der Waals surface area contributed by atoms with Crippen LogP contribution >= 0.6 is 0 Å². The molecule has 0 N–H and O–H groups in total. The molecule has 2 atom stereocenters. The van der Waals surface area contributed by atoms with E-state index < -0.39 is 11.8 Å². The summed E-state index contributed by atoms with van der Waals surface area (Å²) >= 11 is 0. The third-order valence-corrected chi connectivity index (χ3v) is 5.27. The molecule has 2 unspecified atom stereocenters. The minimum atomic E-state index is -2.50. The molecule has 0 aromatic rings. The fourth-order valence-electron chi connectivity index (χ4n) is 2.96. The third-order valence-electron chi connectivity index (χ3n) is 5.27. The molecule has 3 rings (SSSR count). The minimum Gasteiger partial charge on any atom is -0.403 e. The summed E-state index contributed by atoms with van der Waals surface area (Å²) in [6, 6.07) is 0. The summed E-state index contributed by atoms with van der Waals surface area (Å²) in [5.74, 6) is -2.96. The number of allylic oxidation sites excluding steroid dienone is 4. The molecule has 1 heterocycles. The van der Waals surface area contributed by atoms with Crippen molar-refractivity contribution < 1.29 is 18.1 Å². The van der Waals surface area contributed by atoms with Gasteiger partial charge in [0.15, 0.2) is 0 Å². The largest absolute Gasteiger partial charge is 0.465 e. The third kappa shape index (κ3) is 2.70. The lowest BCUT2D eigenvalue weighted by molar-refractivity contribution is 0.00578. The molecule has 0 aromatic heterocycles. The van der Waals surface area contributed by atoms with Crippen LogP contribution in [-0.4, -0.2) is 24.2 Å². The molecule has 0 bridgehead atoms. The van der Waals surface area contributed by atoms with Gasteiger partial charge in [0.1, 0.15) is 0 Å². The molecule has 0 amide bonds. The summed E-state index contributed by atoms with van der Waals surface area (Å²) in [6.07, 6.45) is 7.46. The van der Waals surface area contributed by atoms with Gasteiger partial charge >= 0.3 is 7.12 Å². The van der Waals surface area contributed by atoms with Crippen molar-refractivity contribution in [3.8, 4) is 0 Å². The van der Waals surface area contributed by atoms with Crippen molar-refractivity contribution in [2.24, 2.45) is 5.92 Å². The number of alkyl halides is 2. The summed E-state index contributed by atoms with van der Waals surface area (Å²) in [6.45, 7) is 8.12. The van der Waals surface area contributed by atoms with E-state index in [1.54, 1.807) is 0 Å². The highest BCUT2D eigenvalue weighted by atomic mass is 19.3. The van der Waals surface area contributed by atoms with Gasteiger partial charge in [-0.1, -0.05) is 18.2 Å². The van der Waals surface area contributed by atoms with Crippen molar-refractivity contribution in [2.45, 2.75) is 69.9 Å². The lowest BCUT2D eigenvalue weighted by Crippen LogP contribution is -2.41. The van der Waals surface area contributed by atoms with Crippen LogP contribution in [0.4, 0.5) is 8.78 Å². The van der Waals surface area contributed by atoms with Gasteiger partial charge in [-0.2, -0.15) is 0 Å². The van der Waals surface area contributed by atoms with E-state index in [0.717, 1.165) is 18.4 Å². The van der Waals surface area contributed by atoms with Crippen LogP contribution in [0.3, 0.4) is 0 Å². The summed E-state index contributed by atoms with van der Waals surface area (Å²) < 4.78 is 38.5. The van der Waals surface area contributed by atoms with Crippen LogP contribution in [0.15, 0.2) is 23.8 Å². The van der Waals surface area contributed by atoms with Gasteiger partial charge < -0.3 is 9.31 Å². The van der Waals surface area contributed by atoms with Gasteiger partial charge in [-0.05, 0) is 46.1 Å². The summed E-state index contributed by atoms with van der Waals surface area (Å²) in [4.78, 5) is 0. The topological polar surface area (TPSA) is 18.5 Å². The number of hydrogen-bond acceptors (Lipinski definition) is 2. The van der Waals surface area contributed by atoms with Crippen molar-refractivity contribution >= 4 is 7.12 Å². The maximum atomic E-state index is 13.2. The Morgan fingerprint density at radius 2 is 1.71 bits per heavy atom. The van der Waals surface area contributed by atoms with Crippen LogP contribution in [0.25, 0.3) is 0 Å². The first-order valence-electron chi connectivity index (χ1n) is 7.74. The second-order valence-electron chi connectivity index (χ2n) is 7.45. The Morgan fingerprint density at radius 1 is 1.14 bits per heavy atom. The SMILES string of the molecule is CC1(C)OB(C2C=CC(C3CC3(F)F)=CCC2)OC1(C)C. The molecule has 2 nitrogen and oxygen atoms in total. The Morgan fingerprint density at radius 3 is 2.24 bits per heavy atom. The average Bonchev–Trinajstić information content (AvgIpc) is 2.98. The molecule has 3 aliphatic rings. The molecule has 0 spiro atoms. The van der Waals surface area contributed by atoms with Gasteiger partial charge in [0.2, 0.25) is 0 Å². The van der Waals surface area contributed by atoms with Crippen molar-refractivity contribution in [1.29, 1.82) is 0 Å². The van der Waals surface area contributed by atoms with E-state index in [4.69, 9.17) is 9.31 Å². The van der Waals surface area contributed by atoms with Crippen LogP contribution in [0, 0.1) is 5.92 Å². The van der Waals surface area contributed by atoms with Gasteiger partial charge in [0.05, 0.1) is 17.1 Å². The minimum absolute atomic E-state index is 0.00959. The van der Waals surface area contributed by atoms with E-state index >= 15 is 0 Å². The molecule has 1 saturated carbocycles.